The van der Waals surface area contributed by atoms with E-state index in [0.29, 0.717) is 25.2 Å². The van der Waals surface area contributed by atoms with Crippen LogP contribution in [0, 0.1) is 5.92 Å². The summed E-state index contributed by atoms with van der Waals surface area (Å²) in [6.07, 6.45) is 8.44. The lowest BCUT2D eigenvalue weighted by Crippen LogP contribution is -2.55. The molecule has 5 heteroatoms. The summed E-state index contributed by atoms with van der Waals surface area (Å²) in [6.45, 7) is 1.66. The second-order valence-electron chi connectivity index (χ2n) is 6.44. The molecule has 1 amide bonds. The maximum atomic E-state index is 12.1. The summed E-state index contributed by atoms with van der Waals surface area (Å²) in [5.74, 6) is -0.319. The first-order valence-corrected chi connectivity index (χ1v) is 8.24. The molecule has 1 saturated carbocycles. The highest BCUT2D eigenvalue weighted by molar-refractivity contribution is 5.87. The van der Waals surface area contributed by atoms with Crippen molar-refractivity contribution in [2.75, 3.05) is 13.2 Å². The highest BCUT2D eigenvalue weighted by atomic mass is 16.5. The minimum Gasteiger partial charge on any atom is -0.480 e. The number of rotatable bonds is 6. The zero-order valence-electron chi connectivity index (χ0n) is 12.7. The molecule has 0 atom stereocenters. The Labute approximate surface area is 126 Å². The molecule has 120 valence electrons. The summed E-state index contributed by atoms with van der Waals surface area (Å²) >= 11 is 0. The van der Waals surface area contributed by atoms with E-state index in [9.17, 15) is 14.7 Å². The number of carbonyl (C=O) groups excluding carboxylic acids is 1. The summed E-state index contributed by atoms with van der Waals surface area (Å²) in [5, 5.41) is 12.2. The summed E-state index contributed by atoms with van der Waals surface area (Å²) < 4.78 is 5.32. The quantitative estimate of drug-likeness (QED) is 0.790. The van der Waals surface area contributed by atoms with Crippen LogP contribution < -0.4 is 5.32 Å². The number of carboxylic acids is 1. The van der Waals surface area contributed by atoms with Gasteiger partial charge < -0.3 is 15.2 Å². The van der Waals surface area contributed by atoms with Gasteiger partial charge in [-0.2, -0.15) is 0 Å². The molecular formula is C16H27NO4. The van der Waals surface area contributed by atoms with Crippen LogP contribution in [0.25, 0.3) is 0 Å². The van der Waals surface area contributed by atoms with E-state index in [1.807, 2.05) is 0 Å². The molecule has 1 saturated heterocycles. The van der Waals surface area contributed by atoms with Crippen molar-refractivity contribution in [1.29, 1.82) is 0 Å². The molecule has 5 nitrogen and oxygen atoms in total. The summed E-state index contributed by atoms with van der Waals surface area (Å²) in [5.41, 5.74) is -1.01. The minimum atomic E-state index is -1.01. The Kier molecular flexibility index (Phi) is 6.03. The lowest BCUT2D eigenvalue weighted by atomic mass is 9.81. The molecule has 0 bridgehead atoms. The highest BCUT2D eigenvalue weighted by Crippen LogP contribution is 2.29. The predicted octanol–water partition coefficient (Wildman–Crippen LogP) is 2.49. The number of carbonyl (C=O) groups is 2. The lowest BCUT2D eigenvalue weighted by Gasteiger charge is -2.34. The zero-order chi connectivity index (χ0) is 15.1. The molecule has 1 heterocycles. The molecule has 2 fully saturated rings. The second kappa shape index (κ2) is 7.78. The van der Waals surface area contributed by atoms with Gasteiger partial charge in [-0.05, 0) is 44.4 Å². The largest absolute Gasteiger partial charge is 0.480 e. The number of hydrogen-bond donors (Lipinski definition) is 2. The summed E-state index contributed by atoms with van der Waals surface area (Å²) in [6, 6.07) is 0. The van der Waals surface area contributed by atoms with Gasteiger partial charge in [-0.15, -0.1) is 0 Å². The molecule has 0 aromatic heterocycles. The fourth-order valence-corrected chi connectivity index (χ4v) is 3.46. The molecule has 0 aromatic carbocycles. The molecule has 21 heavy (non-hydrogen) atoms. The van der Waals surface area contributed by atoms with E-state index in [0.717, 1.165) is 58.2 Å². The van der Waals surface area contributed by atoms with Gasteiger partial charge in [-0.3, -0.25) is 4.79 Å². The van der Waals surface area contributed by atoms with Crippen molar-refractivity contribution >= 4 is 11.9 Å². The van der Waals surface area contributed by atoms with E-state index in [4.69, 9.17) is 4.74 Å². The van der Waals surface area contributed by atoms with Gasteiger partial charge in [-0.25, -0.2) is 4.79 Å². The molecular weight excluding hydrogens is 270 g/mol. The van der Waals surface area contributed by atoms with Gasteiger partial charge in [0.25, 0.3) is 0 Å². The molecule has 0 radical (unpaired) electrons. The van der Waals surface area contributed by atoms with Crippen LogP contribution in [-0.2, 0) is 14.3 Å². The first-order chi connectivity index (χ1) is 10.1. The van der Waals surface area contributed by atoms with E-state index < -0.39 is 11.5 Å². The Bertz CT molecular complexity index is 357. The Morgan fingerprint density at radius 2 is 1.81 bits per heavy atom. The molecule has 1 aliphatic heterocycles. The van der Waals surface area contributed by atoms with E-state index >= 15 is 0 Å². The van der Waals surface area contributed by atoms with Crippen molar-refractivity contribution in [2.45, 2.75) is 69.7 Å². The number of amides is 1. The third-order valence-electron chi connectivity index (χ3n) is 4.85. The third-order valence-corrected chi connectivity index (χ3v) is 4.85. The maximum absolute atomic E-state index is 12.1. The van der Waals surface area contributed by atoms with Crippen molar-refractivity contribution in [3.05, 3.63) is 0 Å². The van der Waals surface area contributed by atoms with Crippen molar-refractivity contribution in [3.8, 4) is 0 Å². The number of aliphatic carboxylic acids is 1. The topological polar surface area (TPSA) is 75.6 Å². The Morgan fingerprint density at radius 1 is 1.14 bits per heavy atom. The van der Waals surface area contributed by atoms with Crippen LogP contribution in [0.1, 0.15) is 64.2 Å². The van der Waals surface area contributed by atoms with Gasteiger partial charge in [0.15, 0.2) is 0 Å². The van der Waals surface area contributed by atoms with Crippen LogP contribution in [0.4, 0.5) is 0 Å². The van der Waals surface area contributed by atoms with Crippen molar-refractivity contribution in [1.82, 2.24) is 5.32 Å². The maximum Gasteiger partial charge on any atom is 0.329 e. The Hall–Kier alpha value is -1.10. The standard InChI is InChI=1S/C16H27NO4/c18-14(6-4-5-13-7-11-21-12-8-13)17-16(15(19)20)9-2-1-3-10-16/h13H,1-12H2,(H,17,18)(H,19,20). The van der Waals surface area contributed by atoms with Crippen LogP contribution >= 0.6 is 0 Å². The fraction of sp³-hybridized carbons (Fsp3) is 0.875. The zero-order valence-corrected chi connectivity index (χ0v) is 12.7. The first kappa shape index (κ1) is 16.3. The predicted molar refractivity (Wildman–Crippen MR) is 79.0 cm³/mol. The average molecular weight is 297 g/mol. The van der Waals surface area contributed by atoms with Crippen molar-refractivity contribution < 1.29 is 19.4 Å². The number of nitrogens with one attached hydrogen (secondary N) is 1. The Balaban J connectivity index is 1.73. The second-order valence-corrected chi connectivity index (χ2v) is 6.44. The van der Waals surface area contributed by atoms with Gasteiger partial charge in [0.2, 0.25) is 5.91 Å². The minimum absolute atomic E-state index is 0.105. The van der Waals surface area contributed by atoms with Crippen LogP contribution in [-0.4, -0.2) is 35.7 Å². The van der Waals surface area contributed by atoms with Gasteiger partial charge in [0.05, 0.1) is 0 Å². The Morgan fingerprint density at radius 3 is 2.43 bits per heavy atom. The van der Waals surface area contributed by atoms with Crippen molar-refractivity contribution in [3.63, 3.8) is 0 Å². The molecule has 2 rings (SSSR count). The average Bonchev–Trinajstić information content (AvgIpc) is 2.49. The molecule has 1 aliphatic carbocycles. The van der Waals surface area contributed by atoms with Crippen LogP contribution in [0.15, 0.2) is 0 Å². The smallest absolute Gasteiger partial charge is 0.329 e. The number of ether oxygens (including phenoxy) is 1. The van der Waals surface area contributed by atoms with Gasteiger partial charge in [0.1, 0.15) is 5.54 Å². The number of carboxylic acid groups (broad SMARTS) is 1. The number of hydrogen-bond acceptors (Lipinski definition) is 3. The van der Waals surface area contributed by atoms with E-state index in [1.54, 1.807) is 0 Å². The van der Waals surface area contributed by atoms with Crippen LogP contribution in [0.5, 0.6) is 0 Å². The SMILES string of the molecule is O=C(CCCC1CCOCC1)NC1(C(=O)O)CCCCC1. The van der Waals surface area contributed by atoms with Gasteiger partial charge in [-0.1, -0.05) is 19.3 Å². The van der Waals surface area contributed by atoms with Crippen LogP contribution in [0.2, 0.25) is 0 Å². The third kappa shape index (κ3) is 4.70. The monoisotopic (exact) mass is 297 g/mol. The van der Waals surface area contributed by atoms with E-state index in [2.05, 4.69) is 5.32 Å². The molecule has 0 unspecified atom stereocenters. The highest BCUT2D eigenvalue weighted by Gasteiger charge is 2.40. The van der Waals surface area contributed by atoms with Crippen LogP contribution in [0.3, 0.4) is 0 Å². The molecule has 0 spiro atoms. The molecule has 2 N–H and O–H groups in total. The summed E-state index contributed by atoms with van der Waals surface area (Å²) in [7, 11) is 0. The van der Waals surface area contributed by atoms with Gasteiger partial charge >= 0.3 is 5.97 Å². The molecule has 0 aromatic rings. The normalized spacial score (nSPS) is 22.7. The van der Waals surface area contributed by atoms with E-state index in [-0.39, 0.29) is 5.91 Å². The summed E-state index contributed by atoms with van der Waals surface area (Å²) in [4.78, 5) is 23.6. The first-order valence-electron chi connectivity index (χ1n) is 8.24. The fourth-order valence-electron chi connectivity index (χ4n) is 3.46. The van der Waals surface area contributed by atoms with Gasteiger partial charge in [0, 0.05) is 19.6 Å². The van der Waals surface area contributed by atoms with E-state index in [1.165, 1.54) is 0 Å². The lowest BCUT2D eigenvalue weighted by molar-refractivity contribution is -0.149. The molecule has 2 aliphatic rings. The van der Waals surface area contributed by atoms with Crippen molar-refractivity contribution in [2.24, 2.45) is 5.92 Å².